The van der Waals surface area contributed by atoms with E-state index in [4.69, 9.17) is 0 Å². The van der Waals surface area contributed by atoms with Gasteiger partial charge in [0.1, 0.15) is 0 Å². The van der Waals surface area contributed by atoms with E-state index in [0.29, 0.717) is 18.2 Å². The Morgan fingerprint density at radius 3 is 2.95 bits per heavy atom. The Bertz CT molecular complexity index is 745. The summed E-state index contributed by atoms with van der Waals surface area (Å²) < 4.78 is 0. The molecule has 2 atom stereocenters. The van der Waals surface area contributed by atoms with Crippen LogP contribution in [0.25, 0.3) is 10.9 Å². The number of carbonyl (C=O) groups excluding carboxylic acids is 1. The van der Waals surface area contributed by atoms with Crippen molar-refractivity contribution >= 4 is 16.8 Å². The van der Waals surface area contributed by atoms with Gasteiger partial charge in [0.25, 0.3) is 0 Å². The summed E-state index contributed by atoms with van der Waals surface area (Å²) in [7, 11) is 0. The van der Waals surface area contributed by atoms with Crippen molar-refractivity contribution in [1.29, 1.82) is 0 Å². The van der Waals surface area contributed by atoms with Gasteiger partial charge in [-0.15, -0.1) is 0 Å². The lowest BCUT2D eigenvalue weighted by Gasteiger charge is -2.51. The molecule has 1 saturated heterocycles. The maximum atomic E-state index is 12.4. The molecule has 0 unspecified atom stereocenters. The van der Waals surface area contributed by atoms with Gasteiger partial charge in [0, 0.05) is 29.6 Å². The molecular weight excluding hydrogens is 260 g/mol. The highest BCUT2D eigenvalue weighted by Crippen LogP contribution is 2.47. The molecule has 0 spiro atoms. The van der Waals surface area contributed by atoms with Crippen molar-refractivity contribution in [3.05, 3.63) is 35.0 Å². The average Bonchev–Trinajstić information content (AvgIpc) is 2.85. The molecule has 1 fully saturated rings. The van der Waals surface area contributed by atoms with Crippen molar-refractivity contribution in [1.82, 2.24) is 9.88 Å². The second-order valence-corrected chi connectivity index (χ2v) is 6.86. The number of nitrogens with zero attached hydrogens (tertiary/aromatic N) is 1. The Morgan fingerprint density at radius 2 is 2.14 bits per heavy atom. The molecule has 1 aromatic heterocycles. The van der Waals surface area contributed by atoms with Gasteiger partial charge in [-0.05, 0) is 49.8 Å². The van der Waals surface area contributed by atoms with Gasteiger partial charge in [-0.25, -0.2) is 0 Å². The summed E-state index contributed by atoms with van der Waals surface area (Å²) in [5, 5.41) is 1.37. The van der Waals surface area contributed by atoms with Crippen LogP contribution >= 0.6 is 0 Å². The minimum Gasteiger partial charge on any atom is -0.356 e. The number of H-pyrrole nitrogens is 1. The summed E-state index contributed by atoms with van der Waals surface area (Å²) in [4.78, 5) is 18.2. The molecule has 0 radical (unpaired) electrons. The molecule has 1 aromatic carbocycles. The molecule has 3 nitrogen and oxygen atoms in total. The van der Waals surface area contributed by atoms with Crippen LogP contribution in [0.2, 0.25) is 0 Å². The predicted octanol–water partition coefficient (Wildman–Crippen LogP) is 3.51. The van der Waals surface area contributed by atoms with E-state index in [0.717, 1.165) is 19.4 Å². The zero-order valence-corrected chi connectivity index (χ0v) is 13.0. The highest BCUT2D eigenvalue weighted by molar-refractivity contribution is 5.89. The van der Waals surface area contributed by atoms with Crippen LogP contribution in [-0.2, 0) is 16.8 Å². The summed E-state index contributed by atoms with van der Waals surface area (Å²) in [6.45, 7) is 7.57. The number of aromatic nitrogens is 1. The Labute approximate surface area is 125 Å². The number of piperidine rings is 1. The average molecular weight is 282 g/mol. The number of amides is 1. The monoisotopic (exact) mass is 282 g/mol. The van der Waals surface area contributed by atoms with E-state index in [9.17, 15) is 4.79 Å². The van der Waals surface area contributed by atoms with Crippen molar-refractivity contribution in [2.24, 2.45) is 5.92 Å². The van der Waals surface area contributed by atoms with E-state index in [1.807, 2.05) is 0 Å². The number of rotatable bonds is 0. The van der Waals surface area contributed by atoms with Gasteiger partial charge in [-0.2, -0.15) is 0 Å². The van der Waals surface area contributed by atoms with E-state index >= 15 is 0 Å². The molecule has 2 aliphatic heterocycles. The standard InChI is InChI=1S/C18H22N2O/c1-11-5-4-6-14-16(11)13-9-10-20-15(21)8-7-12(2)18(20,3)17(13)19-14/h4-6,12,19H,7-10H2,1-3H3/t12-,18-/m1/s1. The predicted molar refractivity (Wildman–Crippen MR) is 84.2 cm³/mol. The molecule has 3 heterocycles. The summed E-state index contributed by atoms with van der Waals surface area (Å²) in [6, 6.07) is 6.44. The largest absolute Gasteiger partial charge is 0.356 e. The van der Waals surface area contributed by atoms with Gasteiger partial charge in [-0.3, -0.25) is 4.79 Å². The number of aryl methyl sites for hydroxylation is 1. The number of aromatic amines is 1. The van der Waals surface area contributed by atoms with Crippen LogP contribution in [0.5, 0.6) is 0 Å². The first-order valence-corrected chi connectivity index (χ1v) is 7.94. The number of hydrogen-bond acceptors (Lipinski definition) is 1. The molecule has 3 heteroatoms. The molecule has 0 saturated carbocycles. The van der Waals surface area contributed by atoms with Crippen LogP contribution in [0.4, 0.5) is 0 Å². The molecule has 0 bridgehead atoms. The van der Waals surface area contributed by atoms with Crippen LogP contribution in [0.1, 0.15) is 43.5 Å². The van der Waals surface area contributed by atoms with E-state index < -0.39 is 0 Å². The lowest BCUT2D eigenvalue weighted by Crippen LogP contribution is -2.57. The Balaban J connectivity index is 2.01. The zero-order valence-electron chi connectivity index (χ0n) is 13.0. The first kappa shape index (κ1) is 12.9. The lowest BCUT2D eigenvalue weighted by atomic mass is 9.72. The third kappa shape index (κ3) is 1.52. The second-order valence-electron chi connectivity index (χ2n) is 6.86. The van der Waals surface area contributed by atoms with Crippen molar-refractivity contribution in [3.63, 3.8) is 0 Å². The number of benzene rings is 1. The SMILES string of the molecule is Cc1cccc2[nH]c3c(c12)CCN1C(=O)CC[C@@H](C)[C@]31C. The fraction of sp³-hybridized carbons (Fsp3) is 0.500. The summed E-state index contributed by atoms with van der Waals surface area (Å²) in [5.74, 6) is 0.805. The van der Waals surface area contributed by atoms with Crippen LogP contribution < -0.4 is 0 Å². The molecule has 0 aliphatic carbocycles. The van der Waals surface area contributed by atoms with E-state index in [1.54, 1.807) is 0 Å². The fourth-order valence-corrected chi connectivity index (χ4v) is 4.43. The first-order chi connectivity index (χ1) is 10.0. The molecular formula is C18H22N2O. The van der Waals surface area contributed by atoms with Gasteiger partial charge in [0.05, 0.1) is 5.54 Å². The van der Waals surface area contributed by atoms with E-state index in [-0.39, 0.29) is 5.54 Å². The maximum absolute atomic E-state index is 12.4. The molecule has 110 valence electrons. The molecule has 2 aromatic rings. The molecule has 1 amide bonds. The molecule has 4 rings (SSSR count). The van der Waals surface area contributed by atoms with E-state index in [1.165, 1.54) is 27.7 Å². The molecule has 21 heavy (non-hydrogen) atoms. The first-order valence-electron chi connectivity index (χ1n) is 7.94. The van der Waals surface area contributed by atoms with Crippen LogP contribution in [0.15, 0.2) is 18.2 Å². The highest BCUT2D eigenvalue weighted by atomic mass is 16.2. The molecule has 2 aliphatic rings. The van der Waals surface area contributed by atoms with E-state index in [2.05, 4.69) is 48.9 Å². The van der Waals surface area contributed by atoms with Gasteiger partial charge in [0.15, 0.2) is 0 Å². The van der Waals surface area contributed by atoms with Crippen molar-refractivity contribution in [2.45, 2.75) is 45.6 Å². The third-order valence-corrected chi connectivity index (χ3v) is 5.84. The Hall–Kier alpha value is -1.77. The molecule has 1 N–H and O–H groups in total. The third-order valence-electron chi connectivity index (χ3n) is 5.84. The van der Waals surface area contributed by atoms with Crippen LogP contribution in [0, 0.1) is 12.8 Å². The number of hydrogen-bond donors (Lipinski definition) is 1. The minimum absolute atomic E-state index is 0.172. The Kier molecular flexibility index (Phi) is 2.54. The smallest absolute Gasteiger partial charge is 0.223 e. The van der Waals surface area contributed by atoms with Crippen LogP contribution in [0.3, 0.4) is 0 Å². The normalized spacial score (nSPS) is 28.6. The fourth-order valence-electron chi connectivity index (χ4n) is 4.43. The van der Waals surface area contributed by atoms with Gasteiger partial charge < -0.3 is 9.88 Å². The Morgan fingerprint density at radius 1 is 1.33 bits per heavy atom. The minimum atomic E-state index is -0.172. The van der Waals surface area contributed by atoms with Gasteiger partial charge >= 0.3 is 0 Å². The summed E-state index contributed by atoms with van der Waals surface area (Å²) >= 11 is 0. The number of carbonyl (C=O) groups is 1. The lowest BCUT2D eigenvalue weighted by molar-refractivity contribution is -0.146. The number of nitrogens with one attached hydrogen (secondary N) is 1. The van der Waals surface area contributed by atoms with Gasteiger partial charge in [0.2, 0.25) is 5.91 Å². The van der Waals surface area contributed by atoms with Crippen molar-refractivity contribution in [3.8, 4) is 0 Å². The maximum Gasteiger partial charge on any atom is 0.223 e. The van der Waals surface area contributed by atoms with Crippen molar-refractivity contribution in [2.75, 3.05) is 6.54 Å². The topological polar surface area (TPSA) is 36.1 Å². The van der Waals surface area contributed by atoms with Crippen molar-refractivity contribution < 1.29 is 4.79 Å². The second kappa shape index (κ2) is 4.12. The van der Waals surface area contributed by atoms with Gasteiger partial charge in [-0.1, -0.05) is 19.1 Å². The zero-order chi connectivity index (χ0) is 14.8. The number of fused-ring (bicyclic) bond motifs is 5. The highest BCUT2D eigenvalue weighted by Gasteiger charge is 2.49. The summed E-state index contributed by atoms with van der Waals surface area (Å²) in [6.07, 6.45) is 2.65. The van der Waals surface area contributed by atoms with Crippen LogP contribution in [-0.4, -0.2) is 22.3 Å². The summed E-state index contributed by atoms with van der Waals surface area (Å²) in [5.41, 5.74) is 5.08. The quantitative estimate of drug-likeness (QED) is 0.788.